The maximum atomic E-state index is 5.67. The highest BCUT2D eigenvalue weighted by Gasteiger charge is 2.13. The summed E-state index contributed by atoms with van der Waals surface area (Å²) in [6.07, 6.45) is 1.17. The van der Waals surface area contributed by atoms with Crippen molar-refractivity contribution in [3.8, 4) is 5.75 Å². The lowest BCUT2D eigenvalue weighted by atomic mass is 9.92. The standard InChI is InChI=1S/C16H27NO/c1-6-18-15-10-8-7-9-14(15)13(2)17-12-11-16(3,4)5/h7-10,13,17H,6,11-12H2,1-5H3. The van der Waals surface area contributed by atoms with Gasteiger partial charge in [-0.3, -0.25) is 0 Å². The van der Waals surface area contributed by atoms with Gasteiger partial charge in [-0.15, -0.1) is 0 Å². The maximum absolute atomic E-state index is 5.67. The lowest BCUT2D eigenvalue weighted by Crippen LogP contribution is -2.24. The summed E-state index contributed by atoms with van der Waals surface area (Å²) in [5.41, 5.74) is 1.62. The Hall–Kier alpha value is -1.02. The third-order valence-corrected chi connectivity index (χ3v) is 3.01. The molecule has 0 aromatic heterocycles. The third kappa shape index (κ3) is 5.09. The zero-order chi connectivity index (χ0) is 13.6. The molecule has 1 rings (SSSR count). The van der Waals surface area contributed by atoms with E-state index in [1.54, 1.807) is 0 Å². The first-order chi connectivity index (χ1) is 8.44. The summed E-state index contributed by atoms with van der Waals surface area (Å²) in [6.45, 7) is 12.8. The minimum Gasteiger partial charge on any atom is -0.494 e. The zero-order valence-electron chi connectivity index (χ0n) is 12.4. The van der Waals surface area contributed by atoms with Gasteiger partial charge in [-0.1, -0.05) is 39.0 Å². The first-order valence-electron chi connectivity index (χ1n) is 6.89. The van der Waals surface area contributed by atoms with E-state index >= 15 is 0 Å². The average molecular weight is 249 g/mol. The molecule has 0 bridgehead atoms. The van der Waals surface area contributed by atoms with E-state index in [-0.39, 0.29) is 0 Å². The van der Waals surface area contributed by atoms with Crippen LogP contribution in [0.3, 0.4) is 0 Å². The van der Waals surface area contributed by atoms with Gasteiger partial charge in [-0.05, 0) is 38.3 Å². The van der Waals surface area contributed by atoms with Crippen molar-refractivity contribution in [1.29, 1.82) is 0 Å². The van der Waals surface area contributed by atoms with Gasteiger partial charge in [0.05, 0.1) is 6.61 Å². The van der Waals surface area contributed by atoms with Crippen molar-refractivity contribution in [2.45, 2.75) is 47.1 Å². The second-order valence-electron chi connectivity index (χ2n) is 5.96. The largest absolute Gasteiger partial charge is 0.494 e. The Morgan fingerprint density at radius 2 is 1.89 bits per heavy atom. The van der Waals surface area contributed by atoms with Gasteiger partial charge in [-0.2, -0.15) is 0 Å². The van der Waals surface area contributed by atoms with Gasteiger partial charge in [0.1, 0.15) is 5.75 Å². The first kappa shape index (κ1) is 15.0. The summed E-state index contributed by atoms with van der Waals surface area (Å²) in [6, 6.07) is 8.60. The van der Waals surface area contributed by atoms with E-state index in [0.29, 0.717) is 18.1 Å². The van der Waals surface area contributed by atoms with Crippen LogP contribution in [0.15, 0.2) is 24.3 Å². The minimum absolute atomic E-state index is 0.329. The molecule has 0 heterocycles. The second-order valence-corrected chi connectivity index (χ2v) is 5.96. The van der Waals surface area contributed by atoms with Crippen LogP contribution in [-0.4, -0.2) is 13.2 Å². The molecule has 0 amide bonds. The first-order valence-corrected chi connectivity index (χ1v) is 6.89. The fourth-order valence-corrected chi connectivity index (χ4v) is 1.90. The van der Waals surface area contributed by atoms with E-state index in [9.17, 15) is 0 Å². The minimum atomic E-state index is 0.329. The van der Waals surface area contributed by atoms with Crippen LogP contribution in [0.1, 0.15) is 52.6 Å². The van der Waals surface area contributed by atoms with Crippen molar-refractivity contribution < 1.29 is 4.74 Å². The third-order valence-electron chi connectivity index (χ3n) is 3.01. The Morgan fingerprint density at radius 3 is 2.50 bits per heavy atom. The van der Waals surface area contributed by atoms with E-state index in [1.807, 2.05) is 19.1 Å². The van der Waals surface area contributed by atoms with Crippen LogP contribution < -0.4 is 10.1 Å². The average Bonchev–Trinajstić information content (AvgIpc) is 2.28. The SMILES string of the molecule is CCOc1ccccc1C(C)NCCC(C)(C)C. The molecule has 0 aliphatic heterocycles. The van der Waals surface area contributed by atoms with Crippen molar-refractivity contribution in [3.63, 3.8) is 0 Å². The van der Waals surface area contributed by atoms with Crippen molar-refractivity contribution in [1.82, 2.24) is 5.32 Å². The molecular formula is C16H27NO. The summed E-state index contributed by atoms with van der Waals surface area (Å²) < 4.78 is 5.67. The molecule has 2 heteroatoms. The van der Waals surface area contributed by atoms with Crippen molar-refractivity contribution >= 4 is 0 Å². The molecule has 2 nitrogen and oxygen atoms in total. The van der Waals surface area contributed by atoms with Crippen LogP contribution in [0.4, 0.5) is 0 Å². The van der Waals surface area contributed by atoms with Gasteiger partial charge < -0.3 is 10.1 Å². The molecule has 1 aromatic rings. The molecule has 1 unspecified atom stereocenters. The van der Waals surface area contributed by atoms with Crippen LogP contribution in [-0.2, 0) is 0 Å². The number of nitrogens with one attached hydrogen (secondary N) is 1. The van der Waals surface area contributed by atoms with Gasteiger partial charge >= 0.3 is 0 Å². The number of hydrogen-bond acceptors (Lipinski definition) is 2. The van der Waals surface area contributed by atoms with Gasteiger partial charge in [0, 0.05) is 11.6 Å². The van der Waals surface area contributed by atoms with Crippen LogP contribution >= 0.6 is 0 Å². The number of rotatable bonds is 6. The molecule has 0 saturated carbocycles. The van der Waals surface area contributed by atoms with Gasteiger partial charge in [-0.25, -0.2) is 0 Å². The van der Waals surface area contributed by atoms with Crippen molar-refractivity contribution in [3.05, 3.63) is 29.8 Å². The maximum Gasteiger partial charge on any atom is 0.124 e. The highest BCUT2D eigenvalue weighted by Crippen LogP contribution is 2.25. The van der Waals surface area contributed by atoms with Gasteiger partial charge in [0.15, 0.2) is 0 Å². The Balaban J connectivity index is 2.58. The predicted molar refractivity (Wildman–Crippen MR) is 78.1 cm³/mol. The topological polar surface area (TPSA) is 21.3 Å². The van der Waals surface area contributed by atoms with E-state index in [0.717, 1.165) is 12.3 Å². The van der Waals surface area contributed by atoms with Crippen molar-refractivity contribution in [2.75, 3.05) is 13.2 Å². The monoisotopic (exact) mass is 249 g/mol. The van der Waals surface area contributed by atoms with Crippen LogP contribution in [0.2, 0.25) is 0 Å². The molecule has 0 fully saturated rings. The fraction of sp³-hybridized carbons (Fsp3) is 0.625. The quantitative estimate of drug-likeness (QED) is 0.817. The van der Waals surface area contributed by atoms with E-state index in [1.165, 1.54) is 12.0 Å². The molecule has 1 atom stereocenters. The summed E-state index contributed by atoms with van der Waals surface area (Å²) in [4.78, 5) is 0. The molecule has 1 aromatic carbocycles. The molecule has 1 N–H and O–H groups in total. The van der Waals surface area contributed by atoms with Gasteiger partial charge in [0.2, 0.25) is 0 Å². The van der Waals surface area contributed by atoms with Crippen molar-refractivity contribution in [2.24, 2.45) is 5.41 Å². The van der Waals surface area contributed by atoms with E-state index < -0.39 is 0 Å². The van der Waals surface area contributed by atoms with Crippen LogP contribution in [0.5, 0.6) is 5.75 Å². The zero-order valence-corrected chi connectivity index (χ0v) is 12.4. The summed E-state index contributed by atoms with van der Waals surface area (Å²) in [7, 11) is 0. The lowest BCUT2D eigenvalue weighted by molar-refractivity contribution is 0.328. The smallest absolute Gasteiger partial charge is 0.124 e. The lowest BCUT2D eigenvalue weighted by Gasteiger charge is -2.22. The normalized spacial score (nSPS) is 13.4. The number of benzene rings is 1. The Morgan fingerprint density at radius 1 is 1.22 bits per heavy atom. The Kier molecular flexibility index (Phi) is 5.67. The Labute approximate surface area is 112 Å². The number of ether oxygens (including phenoxy) is 1. The van der Waals surface area contributed by atoms with E-state index in [2.05, 4.69) is 45.1 Å². The molecule has 0 aliphatic carbocycles. The molecule has 0 spiro atoms. The molecule has 0 radical (unpaired) electrons. The molecule has 18 heavy (non-hydrogen) atoms. The molecule has 102 valence electrons. The number of para-hydroxylation sites is 1. The fourth-order valence-electron chi connectivity index (χ4n) is 1.90. The number of hydrogen-bond donors (Lipinski definition) is 1. The van der Waals surface area contributed by atoms with Crippen LogP contribution in [0.25, 0.3) is 0 Å². The highest BCUT2D eigenvalue weighted by atomic mass is 16.5. The Bertz CT molecular complexity index is 354. The molecule has 0 saturated heterocycles. The summed E-state index contributed by atoms with van der Waals surface area (Å²) in [5, 5.41) is 3.57. The van der Waals surface area contributed by atoms with Crippen LogP contribution in [0, 0.1) is 5.41 Å². The highest BCUT2D eigenvalue weighted by molar-refractivity contribution is 5.35. The summed E-state index contributed by atoms with van der Waals surface area (Å²) in [5.74, 6) is 0.996. The predicted octanol–water partition coefficient (Wildman–Crippen LogP) is 4.17. The van der Waals surface area contributed by atoms with E-state index in [4.69, 9.17) is 4.74 Å². The summed E-state index contributed by atoms with van der Waals surface area (Å²) >= 11 is 0. The molecular weight excluding hydrogens is 222 g/mol. The second kappa shape index (κ2) is 6.79. The molecule has 0 aliphatic rings. The van der Waals surface area contributed by atoms with Gasteiger partial charge in [0.25, 0.3) is 0 Å².